The van der Waals surface area contributed by atoms with Gasteiger partial charge in [-0.3, -0.25) is 0 Å². The van der Waals surface area contributed by atoms with Crippen LogP contribution in [0, 0.1) is 11.5 Å². The van der Waals surface area contributed by atoms with Crippen LogP contribution in [0.25, 0.3) is 0 Å². The smallest absolute Gasteiger partial charge is 0.175 e. The van der Waals surface area contributed by atoms with Crippen molar-refractivity contribution in [3.63, 3.8) is 0 Å². The third kappa shape index (κ3) is 33.0. The molecule has 0 aromatic heterocycles. The quantitative estimate of drug-likeness (QED) is 0.335. The number of hydrogen-bond acceptors (Lipinski definition) is 4. The Morgan fingerprint density at radius 1 is 1.44 bits per heavy atom. The Labute approximate surface area is 64.7 Å². The first kappa shape index (κ1) is 11.6. The van der Waals surface area contributed by atoms with Gasteiger partial charge in [-0.25, -0.2) is 0 Å². The Kier molecular flexibility index (Phi) is 20.2. The van der Waals surface area contributed by atoms with E-state index in [2.05, 4.69) is 4.99 Å². The Morgan fingerprint density at radius 2 is 1.89 bits per heavy atom. The van der Waals surface area contributed by atoms with Gasteiger partial charge in [-0.2, -0.15) is 22.0 Å². The van der Waals surface area contributed by atoms with Gasteiger partial charge in [0.15, 0.2) is 0 Å². The van der Waals surface area contributed by atoms with E-state index in [1.54, 1.807) is 18.0 Å². The molecule has 0 rings (SSSR count). The van der Waals surface area contributed by atoms with Gasteiger partial charge in [0.25, 0.3) is 0 Å². The molecule has 0 amide bonds. The highest BCUT2D eigenvalue weighted by Crippen LogP contribution is 1.79. The van der Waals surface area contributed by atoms with E-state index in [1.807, 2.05) is 18.8 Å². The second-order valence-electron chi connectivity index (χ2n) is 0.978. The number of thioether (sulfide) groups is 2. The average Bonchev–Trinajstić information content (AvgIpc) is 1.86. The minimum absolute atomic E-state index is 1.41. The summed E-state index contributed by atoms with van der Waals surface area (Å²) in [5.74, 6) is 0. The van der Waals surface area contributed by atoms with E-state index in [1.165, 1.54) is 17.3 Å². The van der Waals surface area contributed by atoms with Crippen molar-refractivity contribution in [2.45, 2.75) is 0 Å². The molecule has 0 radical (unpaired) electrons. The highest BCUT2D eigenvalue weighted by atomic mass is 32.2. The van der Waals surface area contributed by atoms with Gasteiger partial charge in [0.1, 0.15) is 0 Å². The summed E-state index contributed by atoms with van der Waals surface area (Å²) >= 11 is 3.16. The van der Waals surface area contributed by atoms with Gasteiger partial charge in [-0.15, -0.1) is 11.8 Å². The van der Waals surface area contributed by atoms with E-state index < -0.39 is 0 Å². The van der Waals surface area contributed by atoms with E-state index in [4.69, 9.17) is 5.26 Å². The summed E-state index contributed by atoms with van der Waals surface area (Å²) in [6.45, 7) is 0. The third-order valence-corrected chi connectivity index (χ3v) is 0.532. The molecule has 0 aliphatic rings. The molecule has 0 atom stereocenters. The van der Waals surface area contributed by atoms with Crippen molar-refractivity contribution < 1.29 is 0 Å². The topological polar surface area (TPSA) is 36.1 Å². The van der Waals surface area contributed by atoms with Crippen molar-refractivity contribution in [3.05, 3.63) is 0 Å². The maximum atomic E-state index is 7.74. The summed E-state index contributed by atoms with van der Waals surface area (Å²) in [7, 11) is 0. The van der Waals surface area contributed by atoms with Gasteiger partial charge in [0, 0.05) is 0 Å². The van der Waals surface area contributed by atoms with Gasteiger partial charge in [-0.05, 0) is 18.8 Å². The molecule has 0 spiro atoms. The molecule has 4 heteroatoms. The van der Waals surface area contributed by atoms with Gasteiger partial charge in [-0.1, -0.05) is 0 Å². The van der Waals surface area contributed by atoms with Crippen LogP contribution in [-0.2, 0) is 0 Å². The summed E-state index contributed by atoms with van der Waals surface area (Å²) in [5, 5.41) is 7.74. The van der Waals surface area contributed by atoms with Crippen molar-refractivity contribution >= 4 is 29.1 Å². The SMILES string of the molecule is CSC.CSC=NC#N. The molecule has 0 saturated carbocycles. The van der Waals surface area contributed by atoms with Gasteiger partial charge in [0.2, 0.25) is 6.19 Å². The Hall–Kier alpha value is -0.140. The van der Waals surface area contributed by atoms with Crippen molar-refractivity contribution in [1.29, 1.82) is 5.26 Å². The first-order chi connectivity index (χ1) is 4.33. The van der Waals surface area contributed by atoms with Crippen LogP contribution in [-0.4, -0.2) is 24.3 Å². The molecular formula is C5H10N2S2. The predicted octanol–water partition coefficient (Wildman–Crippen LogP) is 1.84. The molecule has 0 unspecified atom stereocenters. The highest BCUT2D eigenvalue weighted by Gasteiger charge is 1.58. The lowest BCUT2D eigenvalue weighted by Gasteiger charge is -1.63. The summed E-state index contributed by atoms with van der Waals surface area (Å²) in [6, 6.07) is 0. The van der Waals surface area contributed by atoms with Crippen LogP contribution in [0.1, 0.15) is 0 Å². The number of aliphatic imine (C=N–C) groups is 1. The van der Waals surface area contributed by atoms with Crippen LogP contribution in [0.4, 0.5) is 0 Å². The fourth-order valence-electron chi connectivity index (χ4n) is 0.0763. The van der Waals surface area contributed by atoms with Crippen LogP contribution in [0.3, 0.4) is 0 Å². The third-order valence-electron chi connectivity index (χ3n) is 0.216. The lowest BCUT2D eigenvalue weighted by atomic mass is 11.3. The van der Waals surface area contributed by atoms with E-state index in [0.717, 1.165) is 0 Å². The molecule has 52 valence electrons. The first-order valence-electron chi connectivity index (χ1n) is 2.17. The zero-order valence-corrected chi connectivity index (χ0v) is 7.42. The molecule has 0 aromatic carbocycles. The Morgan fingerprint density at radius 3 is 2.00 bits per heavy atom. The lowest BCUT2D eigenvalue weighted by molar-refractivity contribution is 1.45. The largest absolute Gasteiger partial charge is 0.206 e. The maximum Gasteiger partial charge on any atom is 0.206 e. The molecule has 0 saturated heterocycles. The van der Waals surface area contributed by atoms with Gasteiger partial charge < -0.3 is 0 Å². The van der Waals surface area contributed by atoms with Crippen molar-refractivity contribution in [2.24, 2.45) is 4.99 Å². The van der Waals surface area contributed by atoms with E-state index in [0.29, 0.717) is 0 Å². The second kappa shape index (κ2) is 15.7. The molecule has 0 bridgehead atoms. The zero-order chi connectivity index (χ0) is 7.54. The van der Waals surface area contributed by atoms with Gasteiger partial charge in [0.05, 0.1) is 5.55 Å². The standard InChI is InChI=1S/C3H4N2S.C2H6S/c1-6-3-5-2-4;1-3-2/h3H,1H3;1-2H3. The van der Waals surface area contributed by atoms with Crippen LogP contribution < -0.4 is 0 Å². The molecule has 0 N–H and O–H groups in total. The minimum Gasteiger partial charge on any atom is -0.175 e. The van der Waals surface area contributed by atoms with Crippen LogP contribution in [0.15, 0.2) is 4.99 Å². The average molecular weight is 162 g/mol. The molecule has 0 heterocycles. The second-order valence-corrected chi connectivity index (χ2v) is 2.48. The molecular weight excluding hydrogens is 152 g/mol. The molecule has 0 fully saturated rings. The summed E-state index contributed by atoms with van der Waals surface area (Å²) in [6.07, 6.45) is 7.55. The van der Waals surface area contributed by atoms with Crippen LogP contribution in [0.2, 0.25) is 0 Å². The normalized spacial score (nSPS) is 7.78. The van der Waals surface area contributed by atoms with E-state index in [-0.39, 0.29) is 0 Å². The fraction of sp³-hybridized carbons (Fsp3) is 0.600. The van der Waals surface area contributed by atoms with Gasteiger partial charge >= 0.3 is 0 Å². The molecule has 0 aromatic rings. The van der Waals surface area contributed by atoms with Crippen LogP contribution in [0.5, 0.6) is 0 Å². The number of nitriles is 1. The van der Waals surface area contributed by atoms with E-state index >= 15 is 0 Å². The number of nitrogens with zero attached hydrogens (tertiary/aromatic N) is 2. The monoisotopic (exact) mass is 162 g/mol. The summed E-state index contributed by atoms with van der Waals surface area (Å²) in [5.41, 5.74) is 1.49. The number of hydrogen-bond donors (Lipinski definition) is 0. The first-order valence-corrected chi connectivity index (χ1v) is 5.09. The summed E-state index contributed by atoms with van der Waals surface area (Å²) in [4.78, 5) is 3.23. The fourth-order valence-corrected chi connectivity index (χ4v) is 0.229. The molecule has 9 heavy (non-hydrogen) atoms. The molecule has 0 aliphatic carbocycles. The molecule has 2 nitrogen and oxygen atoms in total. The lowest BCUT2D eigenvalue weighted by Crippen LogP contribution is -1.52. The van der Waals surface area contributed by atoms with E-state index in [9.17, 15) is 0 Å². The van der Waals surface area contributed by atoms with Crippen LogP contribution >= 0.6 is 23.5 Å². The van der Waals surface area contributed by atoms with Crippen molar-refractivity contribution in [1.82, 2.24) is 0 Å². The summed E-state index contributed by atoms with van der Waals surface area (Å²) < 4.78 is 0. The molecule has 0 aliphatic heterocycles. The maximum absolute atomic E-state index is 7.74. The zero-order valence-electron chi connectivity index (χ0n) is 5.79. The Bertz CT molecular complexity index is 95.6. The van der Waals surface area contributed by atoms with Crippen molar-refractivity contribution in [2.75, 3.05) is 18.8 Å². The van der Waals surface area contributed by atoms with Crippen molar-refractivity contribution in [3.8, 4) is 6.19 Å². The highest BCUT2D eigenvalue weighted by molar-refractivity contribution is 8.11. The number of rotatable bonds is 1. The predicted molar refractivity (Wildman–Crippen MR) is 47.1 cm³/mol. The Balaban J connectivity index is 0. The minimum atomic E-state index is 1.41.